The standard InChI is InChI=1S/C17H22N2O3/c18-17(21)14-4-5-15-13(10-14)2-1-8-19(15)16(20)6-3-12-7-9-22-11-12/h4-5,10,12H,1-3,6-9,11H2,(H2,18,21)/t12-/m0/s1. The third-order valence-electron chi connectivity index (χ3n) is 4.57. The molecule has 1 saturated heterocycles. The number of rotatable bonds is 4. The Morgan fingerprint density at radius 1 is 1.36 bits per heavy atom. The molecule has 0 unspecified atom stereocenters. The molecule has 0 bridgehead atoms. The zero-order valence-electron chi connectivity index (χ0n) is 12.7. The number of primary amides is 1. The van der Waals surface area contributed by atoms with Crippen LogP contribution < -0.4 is 10.6 Å². The molecule has 2 aliphatic rings. The number of carbonyl (C=O) groups is 2. The highest BCUT2D eigenvalue weighted by Crippen LogP contribution is 2.29. The number of aryl methyl sites for hydroxylation is 1. The van der Waals surface area contributed by atoms with Gasteiger partial charge in [-0.25, -0.2) is 0 Å². The predicted octanol–water partition coefficient (Wildman–Crippen LogP) is 1.88. The van der Waals surface area contributed by atoms with Gasteiger partial charge >= 0.3 is 0 Å². The van der Waals surface area contributed by atoms with Crippen molar-refractivity contribution in [3.05, 3.63) is 29.3 Å². The predicted molar refractivity (Wildman–Crippen MR) is 83.8 cm³/mol. The van der Waals surface area contributed by atoms with Crippen molar-refractivity contribution in [1.82, 2.24) is 0 Å². The number of fused-ring (bicyclic) bond motifs is 1. The number of hydrogen-bond acceptors (Lipinski definition) is 3. The van der Waals surface area contributed by atoms with Crippen LogP contribution in [0.3, 0.4) is 0 Å². The molecule has 0 saturated carbocycles. The zero-order valence-corrected chi connectivity index (χ0v) is 12.7. The normalized spacial score (nSPS) is 20.7. The minimum atomic E-state index is -0.424. The van der Waals surface area contributed by atoms with E-state index in [0.717, 1.165) is 56.7 Å². The van der Waals surface area contributed by atoms with E-state index in [4.69, 9.17) is 10.5 Å². The number of hydrogen-bond donors (Lipinski definition) is 1. The van der Waals surface area contributed by atoms with Crippen molar-refractivity contribution in [2.45, 2.75) is 32.1 Å². The minimum Gasteiger partial charge on any atom is -0.381 e. The lowest BCUT2D eigenvalue weighted by Gasteiger charge is -2.30. The van der Waals surface area contributed by atoms with Crippen molar-refractivity contribution in [3.8, 4) is 0 Å². The summed E-state index contributed by atoms with van der Waals surface area (Å²) in [5.74, 6) is 0.262. The summed E-state index contributed by atoms with van der Waals surface area (Å²) in [6.07, 6.45) is 4.32. The second kappa shape index (κ2) is 6.48. The topological polar surface area (TPSA) is 72.6 Å². The monoisotopic (exact) mass is 302 g/mol. The summed E-state index contributed by atoms with van der Waals surface area (Å²) in [5, 5.41) is 0. The maximum atomic E-state index is 12.5. The van der Waals surface area contributed by atoms with E-state index in [1.54, 1.807) is 6.07 Å². The molecular weight excluding hydrogens is 280 g/mol. The van der Waals surface area contributed by atoms with Gasteiger partial charge in [0.15, 0.2) is 0 Å². The zero-order chi connectivity index (χ0) is 15.5. The first-order valence-electron chi connectivity index (χ1n) is 7.96. The van der Waals surface area contributed by atoms with Gasteiger partial charge in [0.2, 0.25) is 11.8 Å². The fourth-order valence-electron chi connectivity index (χ4n) is 3.28. The molecular formula is C17H22N2O3. The molecule has 1 fully saturated rings. The maximum Gasteiger partial charge on any atom is 0.248 e. The summed E-state index contributed by atoms with van der Waals surface area (Å²) in [4.78, 5) is 25.7. The van der Waals surface area contributed by atoms with Gasteiger partial charge in [-0.15, -0.1) is 0 Å². The second-order valence-electron chi connectivity index (χ2n) is 6.12. The molecule has 5 nitrogen and oxygen atoms in total. The Balaban J connectivity index is 1.70. The smallest absolute Gasteiger partial charge is 0.248 e. The molecule has 22 heavy (non-hydrogen) atoms. The van der Waals surface area contributed by atoms with Gasteiger partial charge in [-0.3, -0.25) is 9.59 Å². The van der Waals surface area contributed by atoms with Gasteiger partial charge < -0.3 is 15.4 Å². The molecule has 3 rings (SSSR count). The Morgan fingerprint density at radius 3 is 2.95 bits per heavy atom. The van der Waals surface area contributed by atoms with Gasteiger partial charge in [-0.2, -0.15) is 0 Å². The van der Waals surface area contributed by atoms with E-state index in [2.05, 4.69) is 0 Å². The molecule has 5 heteroatoms. The fourth-order valence-corrected chi connectivity index (χ4v) is 3.28. The van der Waals surface area contributed by atoms with Crippen LogP contribution in [0.2, 0.25) is 0 Å². The first-order chi connectivity index (χ1) is 10.6. The molecule has 1 aromatic carbocycles. The number of ether oxygens (including phenoxy) is 1. The van der Waals surface area contributed by atoms with Crippen LogP contribution >= 0.6 is 0 Å². The van der Waals surface area contributed by atoms with E-state index in [-0.39, 0.29) is 5.91 Å². The molecule has 2 N–H and O–H groups in total. The number of benzene rings is 1. The van der Waals surface area contributed by atoms with Crippen molar-refractivity contribution < 1.29 is 14.3 Å². The van der Waals surface area contributed by atoms with Crippen LogP contribution in [0, 0.1) is 5.92 Å². The highest BCUT2D eigenvalue weighted by Gasteiger charge is 2.24. The maximum absolute atomic E-state index is 12.5. The molecule has 0 aliphatic carbocycles. The van der Waals surface area contributed by atoms with E-state index in [1.807, 2.05) is 17.0 Å². The molecule has 0 radical (unpaired) electrons. The van der Waals surface area contributed by atoms with E-state index in [0.29, 0.717) is 17.9 Å². The molecule has 0 aromatic heterocycles. The molecule has 2 heterocycles. The van der Waals surface area contributed by atoms with Gasteiger partial charge in [0.1, 0.15) is 0 Å². The lowest BCUT2D eigenvalue weighted by Crippen LogP contribution is -2.35. The van der Waals surface area contributed by atoms with E-state index >= 15 is 0 Å². The van der Waals surface area contributed by atoms with Gasteiger partial charge in [0.25, 0.3) is 0 Å². The SMILES string of the molecule is NC(=O)c1ccc2c(c1)CCCN2C(=O)CC[C@H]1CCOC1. The van der Waals surface area contributed by atoms with Crippen LogP contribution in [0.15, 0.2) is 18.2 Å². The average molecular weight is 302 g/mol. The highest BCUT2D eigenvalue weighted by atomic mass is 16.5. The summed E-state index contributed by atoms with van der Waals surface area (Å²) in [6.45, 7) is 2.36. The van der Waals surface area contributed by atoms with Crippen LogP contribution in [0.1, 0.15) is 41.6 Å². The van der Waals surface area contributed by atoms with Crippen molar-refractivity contribution in [1.29, 1.82) is 0 Å². The fraction of sp³-hybridized carbons (Fsp3) is 0.529. The Hall–Kier alpha value is -1.88. The first kappa shape index (κ1) is 15.0. The Labute approximate surface area is 130 Å². The summed E-state index contributed by atoms with van der Waals surface area (Å²) in [5.41, 5.74) is 7.81. The van der Waals surface area contributed by atoms with Crippen molar-refractivity contribution in [2.75, 3.05) is 24.7 Å². The average Bonchev–Trinajstić information content (AvgIpc) is 3.04. The summed E-state index contributed by atoms with van der Waals surface area (Å²) < 4.78 is 5.36. The number of nitrogens with zero attached hydrogens (tertiary/aromatic N) is 1. The molecule has 2 aliphatic heterocycles. The first-order valence-corrected chi connectivity index (χ1v) is 7.96. The van der Waals surface area contributed by atoms with Crippen LogP contribution in [-0.2, 0) is 16.0 Å². The van der Waals surface area contributed by atoms with Gasteiger partial charge in [-0.05, 0) is 55.4 Å². The van der Waals surface area contributed by atoms with Crippen LogP contribution in [0.4, 0.5) is 5.69 Å². The Kier molecular flexibility index (Phi) is 4.43. The van der Waals surface area contributed by atoms with Gasteiger partial charge in [0.05, 0.1) is 0 Å². The van der Waals surface area contributed by atoms with Crippen LogP contribution in [-0.4, -0.2) is 31.6 Å². The van der Waals surface area contributed by atoms with Crippen molar-refractivity contribution >= 4 is 17.5 Å². The van der Waals surface area contributed by atoms with Gasteiger partial charge in [0, 0.05) is 37.4 Å². The molecule has 2 amide bonds. The lowest BCUT2D eigenvalue weighted by molar-refractivity contribution is -0.119. The van der Waals surface area contributed by atoms with E-state index in [9.17, 15) is 9.59 Å². The number of nitrogens with two attached hydrogens (primary N) is 1. The quantitative estimate of drug-likeness (QED) is 0.923. The van der Waals surface area contributed by atoms with Crippen molar-refractivity contribution in [3.63, 3.8) is 0 Å². The summed E-state index contributed by atoms with van der Waals surface area (Å²) >= 11 is 0. The Bertz CT molecular complexity index is 579. The summed E-state index contributed by atoms with van der Waals surface area (Å²) in [7, 11) is 0. The van der Waals surface area contributed by atoms with Crippen molar-refractivity contribution in [2.24, 2.45) is 11.7 Å². The molecule has 1 aromatic rings. The number of amides is 2. The third kappa shape index (κ3) is 3.14. The van der Waals surface area contributed by atoms with Crippen LogP contribution in [0.5, 0.6) is 0 Å². The molecule has 1 atom stereocenters. The highest BCUT2D eigenvalue weighted by molar-refractivity contribution is 5.97. The van der Waals surface area contributed by atoms with E-state index in [1.165, 1.54) is 0 Å². The number of anilines is 1. The summed E-state index contributed by atoms with van der Waals surface area (Å²) in [6, 6.07) is 5.38. The Morgan fingerprint density at radius 2 is 2.23 bits per heavy atom. The minimum absolute atomic E-state index is 0.166. The number of carbonyl (C=O) groups excluding carboxylic acids is 2. The largest absolute Gasteiger partial charge is 0.381 e. The lowest BCUT2D eigenvalue weighted by atomic mass is 9.97. The molecule has 0 spiro atoms. The van der Waals surface area contributed by atoms with Gasteiger partial charge in [-0.1, -0.05) is 0 Å². The molecule has 118 valence electrons. The van der Waals surface area contributed by atoms with E-state index < -0.39 is 5.91 Å². The third-order valence-corrected chi connectivity index (χ3v) is 4.57. The second-order valence-corrected chi connectivity index (χ2v) is 6.12. The van der Waals surface area contributed by atoms with Crippen LogP contribution in [0.25, 0.3) is 0 Å².